The van der Waals surface area contributed by atoms with E-state index >= 15 is 0 Å². The van der Waals surface area contributed by atoms with Crippen molar-refractivity contribution in [1.82, 2.24) is 0 Å². The summed E-state index contributed by atoms with van der Waals surface area (Å²) in [5.41, 5.74) is 1.40. The summed E-state index contributed by atoms with van der Waals surface area (Å²) in [5, 5.41) is 8.57. The Kier molecular flexibility index (Phi) is 5.82. The molecular weight excluding hydrogens is 255 g/mol. The van der Waals surface area contributed by atoms with Crippen molar-refractivity contribution in [3.8, 4) is 0 Å². The van der Waals surface area contributed by atoms with Crippen LogP contribution in [-0.4, -0.2) is 20.3 Å². The van der Waals surface area contributed by atoms with Crippen molar-refractivity contribution >= 4 is 18.9 Å². The van der Waals surface area contributed by atoms with E-state index in [0.717, 1.165) is 0 Å². The molecule has 1 aromatic carbocycles. The molecule has 18 heavy (non-hydrogen) atoms. The molecule has 0 radical (unpaired) electrons. The van der Waals surface area contributed by atoms with Crippen molar-refractivity contribution in [1.29, 1.82) is 5.39 Å². The van der Waals surface area contributed by atoms with Crippen LogP contribution in [0.3, 0.4) is 0 Å². The molecular formula is C9H9BF4N2O2. The molecule has 0 aromatic heterocycles. The molecule has 1 rings (SSSR count). The lowest BCUT2D eigenvalue weighted by Crippen LogP contribution is -2.03. The summed E-state index contributed by atoms with van der Waals surface area (Å²) in [7, 11) is -4.69. The van der Waals surface area contributed by atoms with Crippen molar-refractivity contribution in [2.45, 2.75) is 6.92 Å². The molecule has 0 N–H and O–H groups in total. The first-order chi connectivity index (χ1) is 8.20. The van der Waals surface area contributed by atoms with Gasteiger partial charge in [0.15, 0.2) is 4.98 Å². The Morgan fingerprint density at radius 3 is 2.22 bits per heavy atom. The molecule has 0 aliphatic carbocycles. The van der Waals surface area contributed by atoms with Gasteiger partial charge in [-0.1, -0.05) is 6.07 Å². The van der Waals surface area contributed by atoms with Crippen LogP contribution in [0.4, 0.5) is 23.0 Å². The van der Waals surface area contributed by atoms with Crippen molar-refractivity contribution in [2.24, 2.45) is 0 Å². The van der Waals surface area contributed by atoms with Crippen LogP contribution in [0.15, 0.2) is 18.2 Å². The van der Waals surface area contributed by atoms with E-state index in [1.165, 1.54) is 7.11 Å². The minimum atomic E-state index is -6.00. The third kappa shape index (κ3) is 5.84. The molecule has 0 amide bonds. The fourth-order valence-electron chi connectivity index (χ4n) is 1.06. The SMILES string of the molecule is COC(=O)c1cccc([N+]#N)c1C.F[B-](F)(F)F. The van der Waals surface area contributed by atoms with E-state index in [9.17, 15) is 22.1 Å². The number of benzene rings is 1. The zero-order chi connectivity index (χ0) is 14.3. The first kappa shape index (κ1) is 15.9. The van der Waals surface area contributed by atoms with Gasteiger partial charge in [-0.15, -0.1) is 0 Å². The second-order valence-electron chi connectivity index (χ2n) is 3.04. The fraction of sp³-hybridized carbons (Fsp3) is 0.222. The lowest BCUT2D eigenvalue weighted by Gasteiger charge is -1.99. The number of ether oxygens (including phenoxy) is 1. The Morgan fingerprint density at radius 2 is 1.83 bits per heavy atom. The summed E-state index contributed by atoms with van der Waals surface area (Å²) >= 11 is 0. The lowest BCUT2D eigenvalue weighted by molar-refractivity contribution is 0.0600. The number of rotatable bonds is 1. The summed E-state index contributed by atoms with van der Waals surface area (Å²) in [6, 6.07) is 4.87. The van der Waals surface area contributed by atoms with E-state index in [2.05, 4.69) is 9.71 Å². The van der Waals surface area contributed by atoms with Crippen LogP contribution < -0.4 is 0 Å². The highest BCUT2D eigenvalue weighted by Crippen LogP contribution is 2.21. The predicted molar refractivity (Wildman–Crippen MR) is 57.4 cm³/mol. The van der Waals surface area contributed by atoms with E-state index in [1.54, 1.807) is 25.1 Å². The topological polar surface area (TPSA) is 54.5 Å². The highest BCUT2D eigenvalue weighted by atomic mass is 19.5. The number of hydrogen-bond donors (Lipinski definition) is 0. The summed E-state index contributed by atoms with van der Waals surface area (Å²) in [4.78, 5) is 14.2. The highest BCUT2D eigenvalue weighted by molar-refractivity contribution is 6.50. The molecule has 0 unspecified atom stereocenters. The maximum Gasteiger partial charge on any atom is 0.673 e. The van der Waals surface area contributed by atoms with Crippen LogP contribution in [0, 0.1) is 12.3 Å². The van der Waals surface area contributed by atoms with Gasteiger partial charge in [0.2, 0.25) is 5.39 Å². The highest BCUT2D eigenvalue weighted by Gasteiger charge is 2.20. The van der Waals surface area contributed by atoms with E-state index < -0.39 is 13.2 Å². The second kappa shape index (κ2) is 6.59. The van der Waals surface area contributed by atoms with Gasteiger partial charge in [-0.3, -0.25) is 0 Å². The molecule has 0 saturated heterocycles. The molecule has 0 bridgehead atoms. The first-order valence-electron chi connectivity index (χ1n) is 4.61. The molecule has 0 heterocycles. The molecule has 9 heteroatoms. The minimum absolute atomic E-state index is 0.378. The molecule has 0 fully saturated rings. The van der Waals surface area contributed by atoms with Crippen molar-refractivity contribution in [3.05, 3.63) is 34.3 Å². The van der Waals surface area contributed by atoms with E-state index in [0.29, 0.717) is 16.8 Å². The van der Waals surface area contributed by atoms with Gasteiger partial charge < -0.3 is 22.0 Å². The van der Waals surface area contributed by atoms with Gasteiger partial charge in [0.25, 0.3) is 0 Å². The van der Waals surface area contributed by atoms with Crippen molar-refractivity contribution < 1.29 is 26.8 Å². The van der Waals surface area contributed by atoms with Crippen molar-refractivity contribution in [2.75, 3.05) is 7.11 Å². The van der Waals surface area contributed by atoms with Crippen LogP contribution in [0.25, 0.3) is 4.98 Å². The Labute approximate surface area is 100 Å². The third-order valence-electron chi connectivity index (χ3n) is 1.82. The Morgan fingerprint density at radius 1 is 1.33 bits per heavy atom. The number of carbonyl (C=O) groups excluding carboxylic acids is 1. The average molecular weight is 264 g/mol. The second-order valence-corrected chi connectivity index (χ2v) is 3.04. The first-order valence-corrected chi connectivity index (χ1v) is 4.61. The largest absolute Gasteiger partial charge is 0.673 e. The Hall–Kier alpha value is -2.11. The zero-order valence-corrected chi connectivity index (χ0v) is 9.53. The van der Waals surface area contributed by atoms with Gasteiger partial charge in [0, 0.05) is 6.07 Å². The summed E-state index contributed by atoms with van der Waals surface area (Å²) in [5.74, 6) is -0.428. The Balaban J connectivity index is 0.000000494. The summed E-state index contributed by atoms with van der Waals surface area (Å²) in [6.07, 6.45) is 0. The molecule has 4 nitrogen and oxygen atoms in total. The molecule has 1 aromatic rings. The Bertz CT molecular complexity index is 465. The average Bonchev–Trinajstić information content (AvgIpc) is 2.26. The van der Waals surface area contributed by atoms with Gasteiger partial charge in [-0.2, -0.15) is 0 Å². The maximum absolute atomic E-state index is 11.2. The zero-order valence-electron chi connectivity index (χ0n) is 9.53. The molecule has 0 spiro atoms. The van der Waals surface area contributed by atoms with E-state index in [4.69, 9.17) is 5.39 Å². The number of carbonyl (C=O) groups is 1. The smallest absolute Gasteiger partial charge is 0.465 e. The summed E-state index contributed by atoms with van der Waals surface area (Å²) in [6.45, 7) is 1.70. The minimum Gasteiger partial charge on any atom is -0.465 e. The van der Waals surface area contributed by atoms with Crippen LogP contribution in [0.1, 0.15) is 15.9 Å². The standard InChI is InChI=1S/C9H9N2O2.BF4/c1-6-7(9(12)13-2)4-3-5-8(6)11-10;2-1(3,4)5/h3-5H,1-2H3;/q+1;-1. The molecule has 0 aliphatic rings. The van der Waals surface area contributed by atoms with E-state index in [-0.39, 0.29) is 0 Å². The van der Waals surface area contributed by atoms with Crippen LogP contribution in [-0.2, 0) is 4.74 Å². The third-order valence-corrected chi connectivity index (χ3v) is 1.82. The number of esters is 1. The normalized spacial score (nSPS) is 9.83. The molecule has 0 aliphatic heterocycles. The fourth-order valence-corrected chi connectivity index (χ4v) is 1.06. The lowest BCUT2D eigenvalue weighted by atomic mass is 10.1. The number of nitrogens with zero attached hydrogens (tertiary/aromatic N) is 2. The molecule has 0 atom stereocenters. The predicted octanol–water partition coefficient (Wildman–Crippen LogP) is 3.57. The monoisotopic (exact) mass is 264 g/mol. The van der Waals surface area contributed by atoms with Crippen LogP contribution >= 0.6 is 0 Å². The van der Waals surface area contributed by atoms with Gasteiger partial charge in [0.1, 0.15) is 0 Å². The summed E-state index contributed by atoms with van der Waals surface area (Å²) < 4.78 is 43.6. The molecule has 0 saturated carbocycles. The van der Waals surface area contributed by atoms with E-state index in [1.807, 2.05) is 0 Å². The number of halogens is 4. The number of methoxy groups -OCH3 is 1. The van der Waals surface area contributed by atoms with Gasteiger partial charge in [0.05, 0.1) is 18.2 Å². The van der Waals surface area contributed by atoms with Gasteiger partial charge >= 0.3 is 18.9 Å². The maximum atomic E-state index is 11.2. The quantitative estimate of drug-likeness (QED) is 0.337. The number of hydrogen-bond acceptors (Lipinski definition) is 3. The number of diazo groups is 1. The van der Waals surface area contributed by atoms with Gasteiger partial charge in [-0.25, -0.2) is 4.79 Å². The van der Waals surface area contributed by atoms with Crippen molar-refractivity contribution in [3.63, 3.8) is 0 Å². The van der Waals surface area contributed by atoms with Crippen LogP contribution in [0.5, 0.6) is 0 Å². The molecule has 98 valence electrons. The van der Waals surface area contributed by atoms with Crippen LogP contribution in [0.2, 0.25) is 0 Å². The van der Waals surface area contributed by atoms with Gasteiger partial charge in [-0.05, 0) is 13.0 Å².